The number of nitrogens with one attached hydrogen (secondary N) is 1. The van der Waals surface area contributed by atoms with E-state index in [1.807, 2.05) is 30.5 Å². The van der Waals surface area contributed by atoms with Crippen LogP contribution in [-0.2, 0) is 5.41 Å². The van der Waals surface area contributed by atoms with Gasteiger partial charge in [-0.1, -0.05) is 32.1 Å². The van der Waals surface area contributed by atoms with Crippen molar-refractivity contribution in [3.8, 4) is 0 Å². The van der Waals surface area contributed by atoms with Gasteiger partial charge in [-0.05, 0) is 18.2 Å². The van der Waals surface area contributed by atoms with Gasteiger partial charge in [-0.2, -0.15) is 0 Å². The fourth-order valence-corrected chi connectivity index (χ4v) is 2.58. The molecule has 5 nitrogen and oxygen atoms in total. The highest BCUT2D eigenvalue weighted by Crippen LogP contribution is 2.25. The fraction of sp³-hybridized carbons (Fsp3) is 0.235. The van der Waals surface area contributed by atoms with Crippen LogP contribution in [0.15, 0.2) is 41.3 Å². The van der Waals surface area contributed by atoms with Crippen molar-refractivity contribution in [2.45, 2.75) is 26.2 Å². The van der Waals surface area contributed by atoms with Crippen LogP contribution in [0.2, 0.25) is 0 Å². The summed E-state index contributed by atoms with van der Waals surface area (Å²) in [7, 11) is 0. The minimum absolute atomic E-state index is 0.0365. The summed E-state index contributed by atoms with van der Waals surface area (Å²) in [5, 5.41) is 4.07. The van der Waals surface area contributed by atoms with Crippen molar-refractivity contribution in [2.24, 2.45) is 0 Å². The highest BCUT2D eigenvalue weighted by molar-refractivity contribution is 7.16. The van der Waals surface area contributed by atoms with E-state index in [9.17, 15) is 0 Å². The van der Waals surface area contributed by atoms with Gasteiger partial charge in [0.1, 0.15) is 5.76 Å². The lowest BCUT2D eigenvalue weighted by atomic mass is 9.94. The summed E-state index contributed by atoms with van der Waals surface area (Å²) in [6.45, 7) is 6.30. The highest BCUT2D eigenvalue weighted by Gasteiger charge is 2.18. The topological polar surface area (TPSA) is 63.8 Å². The van der Waals surface area contributed by atoms with E-state index in [4.69, 9.17) is 4.42 Å². The van der Waals surface area contributed by atoms with Gasteiger partial charge in [0.05, 0.1) is 6.20 Å². The Labute approximate surface area is 139 Å². The van der Waals surface area contributed by atoms with Crippen LogP contribution in [0, 0.1) is 0 Å². The Balaban J connectivity index is 1.68. The second-order valence-corrected chi connectivity index (χ2v) is 7.14. The Morgan fingerprint density at radius 1 is 1.09 bits per heavy atom. The Bertz CT molecular complexity index is 799. The Morgan fingerprint density at radius 3 is 2.57 bits per heavy atom. The van der Waals surface area contributed by atoms with Gasteiger partial charge in [0, 0.05) is 40.6 Å². The first kappa shape index (κ1) is 15.4. The SMILES string of the molecule is CC(C)(C)c1cnc(C=Cc2cnc(Nc3ccncc3)s2)o1. The molecule has 118 valence electrons. The molecule has 0 spiro atoms. The average molecular weight is 326 g/mol. The quantitative estimate of drug-likeness (QED) is 0.750. The molecule has 3 aromatic rings. The van der Waals surface area contributed by atoms with E-state index >= 15 is 0 Å². The lowest BCUT2D eigenvalue weighted by Gasteiger charge is -2.12. The van der Waals surface area contributed by atoms with Crippen molar-refractivity contribution in [2.75, 3.05) is 5.32 Å². The monoisotopic (exact) mass is 326 g/mol. The summed E-state index contributed by atoms with van der Waals surface area (Å²) in [5.74, 6) is 1.48. The summed E-state index contributed by atoms with van der Waals surface area (Å²) >= 11 is 1.56. The van der Waals surface area contributed by atoms with E-state index in [0.717, 1.165) is 21.5 Å². The molecule has 0 aliphatic rings. The first-order chi connectivity index (χ1) is 11.0. The van der Waals surface area contributed by atoms with E-state index in [1.165, 1.54) is 0 Å². The van der Waals surface area contributed by atoms with Crippen molar-refractivity contribution < 1.29 is 4.42 Å². The smallest absolute Gasteiger partial charge is 0.218 e. The maximum Gasteiger partial charge on any atom is 0.218 e. The van der Waals surface area contributed by atoms with E-state index in [1.54, 1.807) is 29.9 Å². The average Bonchev–Trinajstić information content (AvgIpc) is 3.15. The molecule has 6 heteroatoms. The first-order valence-corrected chi connectivity index (χ1v) is 8.10. The Morgan fingerprint density at radius 2 is 1.87 bits per heavy atom. The Kier molecular flexibility index (Phi) is 4.25. The standard InChI is InChI=1S/C17H18N4OS/c1-17(2,3)14-11-19-15(22-14)5-4-13-10-20-16(23-13)21-12-6-8-18-9-7-12/h4-11H,1-3H3,(H,18,20,21). The third kappa shape index (κ3) is 4.04. The molecule has 0 fully saturated rings. The number of hydrogen-bond acceptors (Lipinski definition) is 6. The molecule has 0 aromatic carbocycles. The molecule has 23 heavy (non-hydrogen) atoms. The van der Waals surface area contributed by atoms with Crippen LogP contribution in [0.5, 0.6) is 0 Å². The number of rotatable bonds is 4. The summed E-state index contributed by atoms with van der Waals surface area (Å²) in [6.07, 6.45) is 10.9. The van der Waals surface area contributed by atoms with Gasteiger partial charge < -0.3 is 9.73 Å². The van der Waals surface area contributed by atoms with Gasteiger partial charge in [-0.25, -0.2) is 9.97 Å². The van der Waals surface area contributed by atoms with Crippen LogP contribution in [0.25, 0.3) is 12.2 Å². The van der Waals surface area contributed by atoms with Crippen LogP contribution in [-0.4, -0.2) is 15.0 Å². The predicted octanol–water partition coefficient (Wildman–Crippen LogP) is 4.74. The zero-order chi connectivity index (χ0) is 16.3. The number of hydrogen-bond donors (Lipinski definition) is 1. The number of thiazole rings is 1. The van der Waals surface area contributed by atoms with Crippen molar-refractivity contribution in [3.05, 3.63) is 53.4 Å². The zero-order valence-electron chi connectivity index (χ0n) is 13.3. The minimum atomic E-state index is -0.0365. The third-order valence-corrected chi connectivity index (χ3v) is 3.99. The van der Waals surface area contributed by atoms with Gasteiger partial charge >= 0.3 is 0 Å². The lowest BCUT2D eigenvalue weighted by molar-refractivity contribution is 0.403. The van der Waals surface area contributed by atoms with Crippen molar-refractivity contribution in [1.29, 1.82) is 0 Å². The van der Waals surface area contributed by atoms with E-state index in [0.29, 0.717) is 5.89 Å². The van der Waals surface area contributed by atoms with E-state index < -0.39 is 0 Å². The largest absolute Gasteiger partial charge is 0.441 e. The maximum atomic E-state index is 5.74. The molecule has 0 unspecified atom stereocenters. The Hall–Kier alpha value is -2.47. The summed E-state index contributed by atoms with van der Waals surface area (Å²) in [6, 6.07) is 3.80. The lowest BCUT2D eigenvalue weighted by Crippen LogP contribution is -2.09. The third-order valence-electron chi connectivity index (χ3n) is 3.11. The van der Waals surface area contributed by atoms with E-state index in [-0.39, 0.29) is 5.41 Å². The second kappa shape index (κ2) is 6.34. The molecule has 0 aliphatic carbocycles. The summed E-state index contributed by atoms with van der Waals surface area (Å²) in [5.41, 5.74) is 0.929. The first-order valence-electron chi connectivity index (χ1n) is 7.28. The molecule has 1 N–H and O–H groups in total. The van der Waals surface area contributed by atoms with Crippen molar-refractivity contribution in [3.63, 3.8) is 0 Å². The van der Waals surface area contributed by atoms with Crippen molar-refractivity contribution in [1.82, 2.24) is 15.0 Å². The number of nitrogens with zero attached hydrogens (tertiary/aromatic N) is 3. The van der Waals surface area contributed by atoms with Crippen LogP contribution < -0.4 is 5.32 Å². The molecular formula is C17H18N4OS. The van der Waals surface area contributed by atoms with Gasteiger partial charge in [0.2, 0.25) is 5.89 Å². The molecule has 0 amide bonds. The maximum absolute atomic E-state index is 5.74. The number of anilines is 2. The van der Waals surface area contributed by atoms with Crippen LogP contribution in [0.1, 0.15) is 37.3 Å². The molecule has 0 aliphatic heterocycles. The molecule has 0 saturated carbocycles. The summed E-state index contributed by atoms with van der Waals surface area (Å²) < 4.78 is 5.74. The predicted molar refractivity (Wildman–Crippen MR) is 93.8 cm³/mol. The molecule has 3 aromatic heterocycles. The van der Waals surface area contributed by atoms with E-state index in [2.05, 4.69) is 41.0 Å². The van der Waals surface area contributed by atoms with Crippen LogP contribution in [0.3, 0.4) is 0 Å². The van der Waals surface area contributed by atoms with Gasteiger partial charge in [-0.3, -0.25) is 4.98 Å². The zero-order valence-corrected chi connectivity index (χ0v) is 14.1. The summed E-state index contributed by atoms with van der Waals surface area (Å²) in [4.78, 5) is 13.6. The molecule has 0 bridgehead atoms. The fourth-order valence-electron chi connectivity index (χ4n) is 1.84. The molecule has 3 heterocycles. The van der Waals surface area contributed by atoms with Crippen molar-refractivity contribution >= 4 is 34.3 Å². The van der Waals surface area contributed by atoms with Crippen LogP contribution in [0.4, 0.5) is 10.8 Å². The van der Waals surface area contributed by atoms with Crippen LogP contribution >= 0.6 is 11.3 Å². The molecule has 0 saturated heterocycles. The van der Waals surface area contributed by atoms with Gasteiger partial charge in [0.25, 0.3) is 0 Å². The normalized spacial score (nSPS) is 12.0. The molecule has 0 atom stereocenters. The number of pyridine rings is 1. The molecule has 0 radical (unpaired) electrons. The second-order valence-electron chi connectivity index (χ2n) is 6.07. The minimum Gasteiger partial charge on any atom is -0.441 e. The number of oxazole rings is 1. The highest BCUT2D eigenvalue weighted by atomic mass is 32.1. The molecular weight excluding hydrogens is 308 g/mol. The molecule has 3 rings (SSSR count). The number of aromatic nitrogens is 3. The van der Waals surface area contributed by atoms with Gasteiger partial charge in [0.15, 0.2) is 5.13 Å². The van der Waals surface area contributed by atoms with Gasteiger partial charge in [-0.15, -0.1) is 0 Å².